The van der Waals surface area contributed by atoms with E-state index in [0.717, 1.165) is 11.1 Å². The van der Waals surface area contributed by atoms with E-state index >= 15 is 0 Å². The number of hydrogen-bond donors (Lipinski definition) is 0. The average molecular weight is 376 g/mol. The number of ketones is 1. The average Bonchev–Trinajstić information content (AvgIpc) is 2.73. The predicted molar refractivity (Wildman–Crippen MR) is 110 cm³/mol. The first-order chi connectivity index (χ1) is 13.7. The van der Waals surface area contributed by atoms with Gasteiger partial charge in [-0.2, -0.15) is 0 Å². The van der Waals surface area contributed by atoms with Gasteiger partial charge < -0.3 is 14.2 Å². The molecule has 1 atom stereocenters. The molecule has 1 aliphatic rings. The van der Waals surface area contributed by atoms with Crippen molar-refractivity contribution in [3.63, 3.8) is 0 Å². The van der Waals surface area contributed by atoms with Crippen LogP contribution in [0.2, 0.25) is 0 Å². The highest BCUT2D eigenvalue weighted by atomic mass is 16.6. The van der Waals surface area contributed by atoms with E-state index in [1.807, 2.05) is 85.0 Å². The van der Waals surface area contributed by atoms with Crippen LogP contribution in [0.1, 0.15) is 18.1 Å². The summed E-state index contributed by atoms with van der Waals surface area (Å²) in [6.07, 6.45) is 7.01. The number of hydrogen-bond acceptors (Lipinski definition) is 4. The number of carbonyl (C=O) groups is 1. The Labute approximate surface area is 165 Å². The fourth-order valence-corrected chi connectivity index (χ4v) is 2.76. The third-order valence-electron chi connectivity index (χ3n) is 4.22. The summed E-state index contributed by atoms with van der Waals surface area (Å²) in [5.74, 6) is 0.559. The van der Waals surface area contributed by atoms with Gasteiger partial charge in [0.05, 0.1) is 6.61 Å². The lowest BCUT2D eigenvalue weighted by molar-refractivity contribution is -0.136. The van der Waals surface area contributed by atoms with Crippen molar-refractivity contribution in [2.24, 2.45) is 0 Å². The van der Waals surface area contributed by atoms with Gasteiger partial charge in [0, 0.05) is 0 Å². The Balaban J connectivity index is 1.49. The van der Waals surface area contributed by atoms with Crippen LogP contribution in [0.5, 0.6) is 0 Å². The van der Waals surface area contributed by atoms with Crippen molar-refractivity contribution >= 4 is 17.9 Å². The Morgan fingerprint density at radius 3 is 2.11 bits per heavy atom. The molecule has 0 saturated carbocycles. The number of benzene rings is 2. The maximum Gasteiger partial charge on any atom is 0.233 e. The van der Waals surface area contributed by atoms with E-state index in [0.29, 0.717) is 12.4 Å². The first kappa shape index (κ1) is 19.6. The van der Waals surface area contributed by atoms with E-state index in [1.54, 1.807) is 6.92 Å². The molecule has 144 valence electrons. The van der Waals surface area contributed by atoms with Gasteiger partial charge in [-0.15, -0.1) is 0 Å². The monoisotopic (exact) mass is 376 g/mol. The number of Topliss-reactive ketones (excluding diaryl/α,β-unsaturated/α-hetero) is 1. The molecule has 1 heterocycles. The molecule has 0 radical (unpaired) electrons. The number of allylic oxidation sites excluding steroid dienone is 1. The second-order valence-electron chi connectivity index (χ2n) is 6.32. The van der Waals surface area contributed by atoms with Gasteiger partial charge in [-0.1, -0.05) is 78.9 Å². The topological polar surface area (TPSA) is 44.8 Å². The summed E-state index contributed by atoms with van der Waals surface area (Å²) in [7, 11) is 0. The lowest BCUT2D eigenvalue weighted by Gasteiger charge is -2.24. The standard InChI is InChI=1S/C24H24O4/c1-19-24(27-17-9-15-21-12-6-3-7-13-21)23(25)22(18-28-19)26-16-8-14-20-10-4-2-5-11-20/h2-15,22H,16-18H2,1H3/b14-8+,15-9+. The highest BCUT2D eigenvalue weighted by Crippen LogP contribution is 2.19. The third kappa shape index (κ3) is 5.69. The maximum absolute atomic E-state index is 12.6. The first-order valence-corrected chi connectivity index (χ1v) is 9.29. The molecular formula is C24H24O4. The molecule has 0 aliphatic carbocycles. The van der Waals surface area contributed by atoms with Crippen LogP contribution in [0.25, 0.3) is 12.2 Å². The van der Waals surface area contributed by atoms with Crippen LogP contribution in [0.15, 0.2) is 84.3 Å². The van der Waals surface area contributed by atoms with Gasteiger partial charge in [-0.05, 0) is 24.1 Å². The predicted octanol–water partition coefficient (Wildman–Crippen LogP) is 4.65. The van der Waals surface area contributed by atoms with Crippen LogP contribution >= 0.6 is 0 Å². The van der Waals surface area contributed by atoms with Gasteiger partial charge in [0.15, 0.2) is 6.10 Å². The molecule has 4 heteroatoms. The molecule has 0 N–H and O–H groups in total. The SMILES string of the molecule is CC1=C(OC/C=C/c2ccccc2)C(=O)C(OC/C=C/c2ccccc2)CO1. The zero-order chi connectivity index (χ0) is 19.6. The fourth-order valence-electron chi connectivity index (χ4n) is 2.76. The Bertz CT molecular complexity index is 851. The Kier molecular flexibility index (Phi) is 7.21. The molecule has 3 rings (SSSR count). The Morgan fingerprint density at radius 1 is 0.929 bits per heavy atom. The van der Waals surface area contributed by atoms with Crippen molar-refractivity contribution in [2.75, 3.05) is 19.8 Å². The van der Waals surface area contributed by atoms with Crippen molar-refractivity contribution < 1.29 is 19.0 Å². The number of rotatable bonds is 8. The summed E-state index contributed by atoms with van der Waals surface area (Å²) in [5, 5.41) is 0. The Hall–Kier alpha value is -3.11. The zero-order valence-electron chi connectivity index (χ0n) is 15.9. The summed E-state index contributed by atoms with van der Waals surface area (Å²) in [6.45, 7) is 2.56. The van der Waals surface area contributed by atoms with E-state index in [1.165, 1.54) is 0 Å². The van der Waals surface area contributed by atoms with Crippen LogP contribution in [0, 0.1) is 0 Å². The van der Waals surface area contributed by atoms with Crippen LogP contribution in [-0.4, -0.2) is 31.7 Å². The minimum absolute atomic E-state index is 0.176. The molecule has 4 nitrogen and oxygen atoms in total. The van der Waals surface area contributed by atoms with E-state index in [9.17, 15) is 4.79 Å². The summed E-state index contributed by atoms with van der Waals surface area (Å²) >= 11 is 0. The van der Waals surface area contributed by atoms with Gasteiger partial charge in [-0.3, -0.25) is 4.79 Å². The number of carbonyl (C=O) groups excluding carboxylic acids is 1. The molecule has 0 bridgehead atoms. The highest BCUT2D eigenvalue weighted by molar-refractivity contribution is 5.98. The van der Waals surface area contributed by atoms with Crippen LogP contribution < -0.4 is 0 Å². The number of ether oxygens (including phenoxy) is 3. The molecule has 1 unspecified atom stereocenters. The molecule has 0 spiro atoms. The van der Waals surface area contributed by atoms with E-state index in [2.05, 4.69) is 0 Å². The van der Waals surface area contributed by atoms with Crippen LogP contribution in [0.4, 0.5) is 0 Å². The molecule has 0 fully saturated rings. The molecule has 2 aromatic rings. The zero-order valence-corrected chi connectivity index (χ0v) is 15.9. The quantitative estimate of drug-likeness (QED) is 0.673. The minimum Gasteiger partial charge on any atom is -0.491 e. The summed E-state index contributed by atoms with van der Waals surface area (Å²) in [6, 6.07) is 19.8. The van der Waals surface area contributed by atoms with Gasteiger partial charge in [0.1, 0.15) is 19.0 Å². The summed E-state index contributed by atoms with van der Waals surface area (Å²) in [4.78, 5) is 12.6. The normalized spacial score (nSPS) is 17.3. The molecule has 1 aliphatic heterocycles. The second kappa shape index (κ2) is 10.3. The molecule has 28 heavy (non-hydrogen) atoms. The molecule has 2 aromatic carbocycles. The Morgan fingerprint density at radius 2 is 1.50 bits per heavy atom. The van der Waals surface area contributed by atoms with Crippen molar-refractivity contribution in [3.05, 3.63) is 95.5 Å². The van der Waals surface area contributed by atoms with Crippen molar-refractivity contribution in [2.45, 2.75) is 13.0 Å². The second-order valence-corrected chi connectivity index (χ2v) is 6.32. The van der Waals surface area contributed by atoms with Gasteiger partial charge in [0.2, 0.25) is 11.5 Å². The molecule has 0 saturated heterocycles. The lowest BCUT2D eigenvalue weighted by atomic mass is 10.1. The van der Waals surface area contributed by atoms with Crippen molar-refractivity contribution in [3.8, 4) is 0 Å². The van der Waals surface area contributed by atoms with Crippen LogP contribution in [0.3, 0.4) is 0 Å². The molecule has 0 amide bonds. The van der Waals surface area contributed by atoms with E-state index < -0.39 is 6.10 Å². The largest absolute Gasteiger partial charge is 0.491 e. The fraction of sp³-hybridized carbons (Fsp3) is 0.208. The highest BCUT2D eigenvalue weighted by Gasteiger charge is 2.31. The van der Waals surface area contributed by atoms with E-state index in [-0.39, 0.29) is 24.8 Å². The van der Waals surface area contributed by atoms with Crippen molar-refractivity contribution in [1.29, 1.82) is 0 Å². The third-order valence-corrected chi connectivity index (χ3v) is 4.22. The minimum atomic E-state index is -0.655. The van der Waals surface area contributed by atoms with Crippen LogP contribution in [-0.2, 0) is 19.0 Å². The lowest BCUT2D eigenvalue weighted by Crippen LogP contribution is -2.36. The smallest absolute Gasteiger partial charge is 0.233 e. The van der Waals surface area contributed by atoms with Gasteiger partial charge in [-0.25, -0.2) is 0 Å². The maximum atomic E-state index is 12.6. The van der Waals surface area contributed by atoms with Crippen molar-refractivity contribution in [1.82, 2.24) is 0 Å². The summed E-state index contributed by atoms with van der Waals surface area (Å²) < 4.78 is 16.9. The summed E-state index contributed by atoms with van der Waals surface area (Å²) in [5.41, 5.74) is 2.16. The van der Waals surface area contributed by atoms with Gasteiger partial charge >= 0.3 is 0 Å². The molecular weight excluding hydrogens is 352 g/mol. The first-order valence-electron chi connectivity index (χ1n) is 9.29. The van der Waals surface area contributed by atoms with Gasteiger partial charge in [0.25, 0.3) is 0 Å². The molecule has 0 aromatic heterocycles. The van der Waals surface area contributed by atoms with E-state index in [4.69, 9.17) is 14.2 Å².